The van der Waals surface area contributed by atoms with E-state index in [1.54, 1.807) is 7.11 Å². The zero-order chi connectivity index (χ0) is 14.9. The number of para-hydroxylation sites is 1. The first-order chi connectivity index (χ1) is 10.3. The average Bonchev–Trinajstić information content (AvgIpc) is 2.54. The monoisotopic (exact) mass is 285 g/mol. The summed E-state index contributed by atoms with van der Waals surface area (Å²) in [7, 11) is 1.68. The number of methoxy groups -OCH3 is 1. The molecule has 0 aromatic heterocycles. The molecule has 112 valence electrons. The van der Waals surface area contributed by atoms with Gasteiger partial charge in [0.05, 0.1) is 13.7 Å². The zero-order valence-electron chi connectivity index (χ0n) is 12.8. The fraction of sp³-hybridized carbons (Fsp3) is 0.333. The summed E-state index contributed by atoms with van der Waals surface area (Å²) in [6.45, 7) is 4.50. The largest absolute Gasteiger partial charge is 0.497 e. The minimum Gasteiger partial charge on any atom is -0.497 e. The SMILES string of the molecule is CCCOc1ccccc1CNCc1ccc(OC)cc1. The molecule has 0 amide bonds. The highest BCUT2D eigenvalue weighted by Gasteiger charge is 2.02. The van der Waals surface area contributed by atoms with Crippen molar-refractivity contribution in [1.82, 2.24) is 5.32 Å². The maximum absolute atomic E-state index is 5.76. The van der Waals surface area contributed by atoms with Gasteiger partial charge in [0.1, 0.15) is 11.5 Å². The molecule has 0 bridgehead atoms. The van der Waals surface area contributed by atoms with Gasteiger partial charge < -0.3 is 14.8 Å². The van der Waals surface area contributed by atoms with Gasteiger partial charge in [-0.25, -0.2) is 0 Å². The van der Waals surface area contributed by atoms with E-state index in [-0.39, 0.29) is 0 Å². The number of ether oxygens (including phenoxy) is 2. The molecule has 3 heteroatoms. The standard InChI is InChI=1S/C18H23NO2/c1-3-12-21-18-7-5-4-6-16(18)14-19-13-15-8-10-17(20-2)11-9-15/h4-11,19H,3,12-14H2,1-2H3. The van der Waals surface area contributed by atoms with Gasteiger partial charge in [-0.2, -0.15) is 0 Å². The maximum Gasteiger partial charge on any atom is 0.123 e. The van der Waals surface area contributed by atoms with Gasteiger partial charge in [-0.3, -0.25) is 0 Å². The van der Waals surface area contributed by atoms with E-state index in [1.807, 2.05) is 30.3 Å². The van der Waals surface area contributed by atoms with Crippen LogP contribution in [0.25, 0.3) is 0 Å². The molecule has 0 aliphatic rings. The second-order valence-corrected chi connectivity index (χ2v) is 4.91. The minimum absolute atomic E-state index is 0.759. The van der Waals surface area contributed by atoms with Crippen molar-refractivity contribution >= 4 is 0 Å². The summed E-state index contributed by atoms with van der Waals surface area (Å²) in [6, 6.07) is 16.3. The molecule has 0 fully saturated rings. The van der Waals surface area contributed by atoms with Crippen LogP contribution in [0.15, 0.2) is 48.5 Å². The van der Waals surface area contributed by atoms with E-state index < -0.39 is 0 Å². The Kier molecular flexibility index (Phi) is 6.10. The fourth-order valence-corrected chi connectivity index (χ4v) is 2.09. The van der Waals surface area contributed by atoms with Gasteiger partial charge >= 0.3 is 0 Å². The molecule has 2 rings (SSSR count). The van der Waals surface area contributed by atoms with Gasteiger partial charge in [0, 0.05) is 18.7 Å². The lowest BCUT2D eigenvalue weighted by atomic mass is 10.2. The van der Waals surface area contributed by atoms with Gasteiger partial charge in [0.2, 0.25) is 0 Å². The van der Waals surface area contributed by atoms with Crippen molar-refractivity contribution in [3.63, 3.8) is 0 Å². The van der Waals surface area contributed by atoms with Crippen LogP contribution in [0, 0.1) is 0 Å². The lowest BCUT2D eigenvalue weighted by molar-refractivity contribution is 0.313. The highest BCUT2D eigenvalue weighted by atomic mass is 16.5. The summed E-state index contributed by atoms with van der Waals surface area (Å²) in [6.07, 6.45) is 1.02. The molecule has 0 spiro atoms. The normalized spacial score (nSPS) is 10.4. The van der Waals surface area contributed by atoms with Gasteiger partial charge in [0.15, 0.2) is 0 Å². The fourth-order valence-electron chi connectivity index (χ4n) is 2.09. The number of hydrogen-bond acceptors (Lipinski definition) is 3. The van der Waals surface area contributed by atoms with E-state index in [0.29, 0.717) is 0 Å². The Labute approximate surface area is 126 Å². The van der Waals surface area contributed by atoms with E-state index in [0.717, 1.165) is 37.6 Å². The number of benzene rings is 2. The Morgan fingerprint density at radius 2 is 1.71 bits per heavy atom. The number of hydrogen-bond donors (Lipinski definition) is 1. The van der Waals surface area contributed by atoms with E-state index in [1.165, 1.54) is 11.1 Å². The number of rotatable bonds is 8. The highest BCUT2D eigenvalue weighted by molar-refractivity contribution is 5.33. The van der Waals surface area contributed by atoms with Crippen LogP contribution in [0.3, 0.4) is 0 Å². The van der Waals surface area contributed by atoms with Crippen molar-refractivity contribution < 1.29 is 9.47 Å². The Balaban J connectivity index is 1.87. The van der Waals surface area contributed by atoms with E-state index in [9.17, 15) is 0 Å². The molecule has 0 aliphatic carbocycles. The van der Waals surface area contributed by atoms with Crippen LogP contribution in [-0.2, 0) is 13.1 Å². The molecule has 0 saturated heterocycles. The Hall–Kier alpha value is -2.00. The summed E-state index contributed by atoms with van der Waals surface area (Å²) in [5.74, 6) is 1.86. The third kappa shape index (κ3) is 4.80. The molecular weight excluding hydrogens is 262 g/mol. The molecule has 21 heavy (non-hydrogen) atoms. The predicted molar refractivity (Wildman–Crippen MR) is 85.8 cm³/mol. The second-order valence-electron chi connectivity index (χ2n) is 4.91. The maximum atomic E-state index is 5.76. The lowest BCUT2D eigenvalue weighted by Crippen LogP contribution is -2.13. The predicted octanol–water partition coefficient (Wildman–Crippen LogP) is 3.77. The molecule has 0 saturated carbocycles. The minimum atomic E-state index is 0.759. The molecule has 0 atom stereocenters. The van der Waals surface area contributed by atoms with Crippen LogP contribution in [0.1, 0.15) is 24.5 Å². The molecule has 0 unspecified atom stereocenters. The lowest BCUT2D eigenvalue weighted by Gasteiger charge is -2.11. The molecule has 3 nitrogen and oxygen atoms in total. The summed E-state index contributed by atoms with van der Waals surface area (Å²) < 4.78 is 10.9. The van der Waals surface area contributed by atoms with Crippen LogP contribution in [-0.4, -0.2) is 13.7 Å². The van der Waals surface area contributed by atoms with Crippen LogP contribution >= 0.6 is 0 Å². The topological polar surface area (TPSA) is 30.5 Å². The van der Waals surface area contributed by atoms with Gasteiger partial charge in [-0.15, -0.1) is 0 Å². The molecule has 2 aromatic rings. The summed E-state index contributed by atoms with van der Waals surface area (Å²) in [5.41, 5.74) is 2.43. The molecule has 0 radical (unpaired) electrons. The first-order valence-electron chi connectivity index (χ1n) is 7.38. The second kappa shape index (κ2) is 8.32. The molecule has 0 aliphatic heterocycles. The van der Waals surface area contributed by atoms with Gasteiger partial charge in [-0.05, 0) is 30.2 Å². The summed E-state index contributed by atoms with van der Waals surface area (Å²) in [5, 5.41) is 3.45. The van der Waals surface area contributed by atoms with Crippen LogP contribution in [0.5, 0.6) is 11.5 Å². The summed E-state index contributed by atoms with van der Waals surface area (Å²) >= 11 is 0. The van der Waals surface area contributed by atoms with Crippen LogP contribution < -0.4 is 14.8 Å². The van der Waals surface area contributed by atoms with Crippen molar-refractivity contribution in [2.75, 3.05) is 13.7 Å². The van der Waals surface area contributed by atoms with Crippen molar-refractivity contribution in [2.24, 2.45) is 0 Å². The third-order valence-electron chi connectivity index (χ3n) is 3.24. The average molecular weight is 285 g/mol. The van der Waals surface area contributed by atoms with E-state index in [4.69, 9.17) is 9.47 Å². The first-order valence-corrected chi connectivity index (χ1v) is 7.38. The van der Waals surface area contributed by atoms with Crippen LogP contribution in [0.2, 0.25) is 0 Å². The van der Waals surface area contributed by atoms with Crippen molar-refractivity contribution in [3.8, 4) is 11.5 Å². The quantitative estimate of drug-likeness (QED) is 0.801. The van der Waals surface area contributed by atoms with Crippen molar-refractivity contribution in [3.05, 3.63) is 59.7 Å². The molecule has 2 aromatic carbocycles. The molecular formula is C18H23NO2. The first kappa shape index (κ1) is 15.4. The van der Waals surface area contributed by atoms with Crippen molar-refractivity contribution in [2.45, 2.75) is 26.4 Å². The van der Waals surface area contributed by atoms with Gasteiger partial charge in [0.25, 0.3) is 0 Å². The smallest absolute Gasteiger partial charge is 0.123 e. The van der Waals surface area contributed by atoms with E-state index >= 15 is 0 Å². The Morgan fingerprint density at radius 3 is 2.43 bits per heavy atom. The Morgan fingerprint density at radius 1 is 0.952 bits per heavy atom. The zero-order valence-corrected chi connectivity index (χ0v) is 12.8. The third-order valence-corrected chi connectivity index (χ3v) is 3.24. The summed E-state index contributed by atoms with van der Waals surface area (Å²) in [4.78, 5) is 0. The van der Waals surface area contributed by atoms with E-state index in [2.05, 4.69) is 30.4 Å². The molecule has 0 heterocycles. The Bertz CT molecular complexity index is 537. The van der Waals surface area contributed by atoms with Gasteiger partial charge in [-0.1, -0.05) is 37.3 Å². The molecule has 1 N–H and O–H groups in total. The highest BCUT2D eigenvalue weighted by Crippen LogP contribution is 2.18. The van der Waals surface area contributed by atoms with Crippen molar-refractivity contribution in [1.29, 1.82) is 0 Å². The number of nitrogens with one attached hydrogen (secondary N) is 1. The van der Waals surface area contributed by atoms with Crippen LogP contribution in [0.4, 0.5) is 0 Å².